The second kappa shape index (κ2) is 5.36. The van der Waals surface area contributed by atoms with Crippen LogP contribution in [-0.4, -0.2) is 30.0 Å². The quantitative estimate of drug-likeness (QED) is 0.769. The molecular formula is C15H14N4O3. The molecule has 3 aromatic rings. The van der Waals surface area contributed by atoms with E-state index in [1.165, 1.54) is 0 Å². The van der Waals surface area contributed by atoms with Gasteiger partial charge in [0.25, 0.3) is 5.91 Å². The molecule has 22 heavy (non-hydrogen) atoms. The minimum atomic E-state index is -0.527. The molecule has 0 atom stereocenters. The molecule has 0 aliphatic heterocycles. The third-order valence-corrected chi connectivity index (χ3v) is 3.13. The van der Waals surface area contributed by atoms with Gasteiger partial charge in [-0.25, -0.2) is 9.78 Å². The number of hydrogen-bond acceptors (Lipinski definition) is 5. The van der Waals surface area contributed by atoms with Gasteiger partial charge in [0.05, 0.1) is 11.1 Å². The molecule has 1 aromatic carbocycles. The highest BCUT2D eigenvalue weighted by atomic mass is 16.4. The van der Waals surface area contributed by atoms with E-state index in [2.05, 4.69) is 15.3 Å². The molecule has 2 aromatic heterocycles. The smallest absolute Gasteiger partial charge is 0.408 e. The first-order valence-electron chi connectivity index (χ1n) is 6.61. The maximum atomic E-state index is 12.4. The number of hydrogen-bond donors (Lipinski definition) is 2. The van der Waals surface area contributed by atoms with E-state index in [1.54, 1.807) is 41.4 Å². The van der Waals surface area contributed by atoms with Crippen LogP contribution in [0.25, 0.3) is 11.1 Å². The molecule has 2 N–H and O–H groups in total. The van der Waals surface area contributed by atoms with Gasteiger partial charge in [0.2, 0.25) is 0 Å². The summed E-state index contributed by atoms with van der Waals surface area (Å²) in [5.74, 6) is -0.232. The maximum absolute atomic E-state index is 12.4. The average molecular weight is 298 g/mol. The zero-order valence-electron chi connectivity index (χ0n) is 12.1. The standard InChI is InChI=1S/C15H14N4O3/c1-19(2)13-10(4-3-7-16-13)14(20)17-9-5-6-11-12(8-9)22-15(21)18-11/h3-8H,1-2H3,(H,17,20)(H,18,21). The number of carbonyl (C=O) groups is 1. The van der Waals surface area contributed by atoms with Crippen LogP contribution in [0.2, 0.25) is 0 Å². The molecule has 7 nitrogen and oxygen atoms in total. The SMILES string of the molecule is CN(C)c1ncccc1C(=O)Nc1ccc2[nH]c(=O)oc2c1. The third kappa shape index (κ3) is 2.56. The van der Waals surface area contributed by atoms with Crippen molar-refractivity contribution in [1.82, 2.24) is 9.97 Å². The molecule has 112 valence electrons. The number of carbonyl (C=O) groups excluding carboxylic acids is 1. The van der Waals surface area contributed by atoms with Gasteiger partial charge in [0.1, 0.15) is 5.82 Å². The molecule has 2 heterocycles. The number of aromatic nitrogens is 2. The highest BCUT2D eigenvalue weighted by molar-refractivity contribution is 6.08. The van der Waals surface area contributed by atoms with Gasteiger partial charge in [0, 0.05) is 32.0 Å². The van der Waals surface area contributed by atoms with Gasteiger partial charge in [0.15, 0.2) is 5.58 Å². The van der Waals surface area contributed by atoms with E-state index in [-0.39, 0.29) is 5.91 Å². The van der Waals surface area contributed by atoms with Crippen molar-refractivity contribution < 1.29 is 9.21 Å². The van der Waals surface area contributed by atoms with E-state index in [0.717, 1.165) is 0 Å². The Balaban J connectivity index is 1.91. The highest BCUT2D eigenvalue weighted by Gasteiger charge is 2.14. The number of nitrogens with zero attached hydrogens (tertiary/aromatic N) is 2. The molecule has 0 bridgehead atoms. The molecule has 0 saturated heterocycles. The molecule has 0 spiro atoms. The Labute approximate surface area is 125 Å². The van der Waals surface area contributed by atoms with Gasteiger partial charge in [-0.3, -0.25) is 9.78 Å². The van der Waals surface area contributed by atoms with E-state index in [0.29, 0.717) is 28.2 Å². The van der Waals surface area contributed by atoms with Crippen molar-refractivity contribution in [1.29, 1.82) is 0 Å². The number of rotatable bonds is 3. The number of nitrogens with one attached hydrogen (secondary N) is 2. The Bertz CT molecular complexity index is 895. The van der Waals surface area contributed by atoms with E-state index >= 15 is 0 Å². The first-order valence-corrected chi connectivity index (χ1v) is 6.61. The van der Waals surface area contributed by atoms with Crippen LogP contribution in [0, 0.1) is 0 Å². The number of benzene rings is 1. The Morgan fingerprint density at radius 1 is 1.32 bits per heavy atom. The lowest BCUT2D eigenvalue weighted by molar-refractivity contribution is 0.102. The average Bonchev–Trinajstić information content (AvgIpc) is 2.86. The lowest BCUT2D eigenvalue weighted by Gasteiger charge is -2.15. The summed E-state index contributed by atoms with van der Waals surface area (Å²) in [7, 11) is 3.64. The van der Waals surface area contributed by atoms with Crippen molar-refractivity contribution in [2.75, 3.05) is 24.3 Å². The highest BCUT2D eigenvalue weighted by Crippen LogP contribution is 2.19. The van der Waals surface area contributed by atoms with Crippen LogP contribution < -0.4 is 16.0 Å². The van der Waals surface area contributed by atoms with E-state index in [1.807, 2.05) is 14.1 Å². The van der Waals surface area contributed by atoms with Crippen molar-refractivity contribution in [3.05, 3.63) is 52.6 Å². The van der Waals surface area contributed by atoms with Crippen molar-refractivity contribution >= 4 is 28.5 Å². The number of oxazole rings is 1. The minimum absolute atomic E-state index is 0.283. The second-order valence-electron chi connectivity index (χ2n) is 4.95. The molecule has 3 rings (SSSR count). The summed E-state index contributed by atoms with van der Waals surface area (Å²) in [6.45, 7) is 0. The predicted octanol–water partition coefficient (Wildman–Crippen LogP) is 1.83. The molecule has 0 aliphatic rings. The fourth-order valence-corrected chi connectivity index (χ4v) is 2.15. The molecular weight excluding hydrogens is 284 g/mol. The summed E-state index contributed by atoms with van der Waals surface area (Å²) < 4.78 is 4.97. The van der Waals surface area contributed by atoms with Gasteiger partial charge in [-0.15, -0.1) is 0 Å². The third-order valence-electron chi connectivity index (χ3n) is 3.13. The molecule has 1 amide bonds. The monoisotopic (exact) mass is 298 g/mol. The fraction of sp³-hybridized carbons (Fsp3) is 0.133. The Kier molecular flexibility index (Phi) is 3.38. The summed E-state index contributed by atoms with van der Waals surface area (Å²) in [6.07, 6.45) is 1.63. The minimum Gasteiger partial charge on any atom is -0.408 e. The molecule has 0 fully saturated rings. The summed E-state index contributed by atoms with van der Waals surface area (Å²) in [5.41, 5.74) is 1.97. The van der Waals surface area contributed by atoms with Gasteiger partial charge >= 0.3 is 5.76 Å². The maximum Gasteiger partial charge on any atom is 0.417 e. The van der Waals surface area contributed by atoms with Crippen LogP contribution in [0.4, 0.5) is 11.5 Å². The Hall–Kier alpha value is -3.09. The molecule has 0 saturated carbocycles. The van der Waals surface area contributed by atoms with Crippen LogP contribution >= 0.6 is 0 Å². The summed E-state index contributed by atoms with van der Waals surface area (Å²) >= 11 is 0. The molecule has 0 aliphatic carbocycles. The van der Waals surface area contributed by atoms with Crippen LogP contribution in [-0.2, 0) is 0 Å². The first-order chi connectivity index (χ1) is 10.5. The fourth-order valence-electron chi connectivity index (χ4n) is 2.15. The number of amides is 1. The lowest BCUT2D eigenvalue weighted by atomic mass is 10.2. The lowest BCUT2D eigenvalue weighted by Crippen LogP contribution is -2.19. The zero-order valence-corrected chi connectivity index (χ0v) is 12.1. The zero-order chi connectivity index (χ0) is 15.7. The summed E-state index contributed by atoms with van der Waals surface area (Å²) in [6, 6.07) is 8.36. The van der Waals surface area contributed by atoms with Gasteiger partial charge < -0.3 is 14.6 Å². The number of pyridine rings is 1. The Morgan fingerprint density at radius 3 is 2.91 bits per heavy atom. The van der Waals surface area contributed by atoms with Crippen molar-refractivity contribution in [2.45, 2.75) is 0 Å². The van der Waals surface area contributed by atoms with Gasteiger partial charge in [-0.2, -0.15) is 0 Å². The van der Waals surface area contributed by atoms with Crippen molar-refractivity contribution in [2.24, 2.45) is 0 Å². The Morgan fingerprint density at radius 2 is 2.14 bits per heavy atom. The number of aromatic amines is 1. The van der Waals surface area contributed by atoms with E-state index in [4.69, 9.17) is 4.42 Å². The topological polar surface area (TPSA) is 91.2 Å². The van der Waals surface area contributed by atoms with Crippen LogP contribution in [0.3, 0.4) is 0 Å². The number of H-pyrrole nitrogens is 1. The largest absolute Gasteiger partial charge is 0.417 e. The second-order valence-corrected chi connectivity index (χ2v) is 4.95. The van der Waals surface area contributed by atoms with Gasteiger partial charge in [-0.1, -0.05) is 0 Å². The molecule has 7 heteroatoms. The van der Waals surface area contributed by atoms with Crippen molar-refractivity contribution in [3.8, 4) is 0 Å². The van der Waals surface area contributed by atoms with Crippen molar-refractivity contribution in [3.63, 3.8) is 0 Å². The summed E-state index contributed by atoms with van der Waals surface area (Å²) in [4.78, 5) is 32.0. The normalized spacial score (nSPS) is 10.6. The summed E-state index contributed by atoms with van der Waals surface area (Å²) in [5, 5.41) is 2.77. The van der Waals surface area contributed by atoms with E-state index < -0.39 is 5.76 Å². The van der Waals surface area contributed by atoms with E-state index in [9.17, 15) is 9.59 Å². The number of fused-ring (bicyclic) bond motifs is 1. The van der Waals surface area contributed by atoms with Gasteiger partial charge in [-0.05, 0) is 24.3 Å². The number of anilines is 2. The molecule has 0 unspecified atom stereocenters. The molecule has 0 radical (unpaired) electrons. The first kappa shape index (κ1) is 13.9. The predicted molar refractivity (Wildman–Crippen MR) is 83.4 cm³/mol. The van der Waals surface area contributed by atoms with Crippen LogP contribution in [0.15, 0.2) is 45.7 Å². The van der Waals surface area contributed by atoms with Crippen LogP contribution in [0.5, 0.6) is 0 Å². The van der Waals surface area contributed by atoms with Crippen LogP contribution in [0.1, 0.15) is 10.4 Å².